The normalized spacial score (nSPS) is 11.4. The van der Waals surface area contributed by atoms with Crippen molar-refractivity contribution in [1.29, 1.82) is 0 Å². The molecule has 0 radical (unpaired) electrons. The van der Waals surface area contributed by atoms with Crippen molar-refractivity contribution in [2.24, 2.45) is 0 Å². The molecule has 0 spiro atoms. The molecule has 1 heterocycles. The Kier molecular flexibility index (Phi) is 4.35. The summed E-state index contributed by atoms with van der Waals surface area (Å²) in [6.45, 7) is 5.48. The van der Waals surface area contributed by atoms with Gasteiger partial charge in [-0.15, -0.1) is 0 Å². The lowest BCUT2D eigenvalue weighted by molar-refractivity contribution is 0.0636. The smallest absolute Gasteiger partial charge is 0.412 e. The number of anilines is 1. The van der Waals surface area contributed by atoms with E-state index in [2.05, 4.69) is 15.3 Å². The number of hydrogen-bond acceptors (Lipinski definition) is 4. The molecule has 25 heavy (non-hydrogen) atoms. The molecule has 1 aromatic heterocycles. The molecule has 6 heteroatoms. The van der Waals surface area contributed by atoms with Crippen LogP contribution in [-0.4, -0.2) is 28.8 Å². The second-order valence-electron chi connectivity index (χ2n) is 6.67. The number of fused-ring (bicyclic) bond motifs is 1. The van der Waals surface area contributed by atoms with E-state index in [0.29, 0.717) is 5.69 Å². The van der Waals surface area contributed by atoms with Crippen molar-refractivity contribution in [3.05, 3.63) is 42.5 Å². The van der Waals surface area contributed by atoms with Gasteiger partial charge in [-0.3, -0.25) is 5.32 Å². The van der Waals surface area contributed by atoms with Gasteiger partial charge in [0.1, 0.15) is 17.2 Å². The van der Waals surface area contributed by atoms with Crippen molar-refractivity contribution < 1.29 is 14.3 Å². The molecule has 0 fully saturated rings. The van der Waals surface area contributed by atoms with Crippen LogP contribution < -0.4 is 10.1 Å². The van der Waals surface area contributed by atoms with E-state index in [-0.39, 0.29) is 0 Å². The number of H-pyrrole nitrogens is 1. The number of rotatable bonds is 3. The average molecular weight is 339 g/mol. The molecule has 0 saturated heterocycles. The summed E-state index contributed by atoms with van der Waals surface area (Å²) in [5, 5.41) is 2.71. The largest absolute Gasteiger partial charge is 0.497 e. The molecule has 0 aliphatic carbocycles. The molecule has 1 amide bonds. The van der Waals surface area contributed by atoms with Crippen LogP contribution in [0.5, 0.6) is 5.75 Å². The molecule has 0 bridgehead atoms. The fraction of sp³-hybridized carbons (Fsp3) is 0.263. The van der Waals surface area contributed by atoms with Crippen molar-refractivity contribution in [3.8, 4) is 17.1 Å². The zero-order chi connectivity index (χ0) is 18.0. The van der Waals surface area contributed by atoms with Gasteiger partial charge < -0.3 is 14.5 Å². The lowest BCUT2D eigenvalue weighted by Gasteiger charge is -2.19. The lowest BCUT2D eigenvalue weighted by atomic mass is 10.2. The topological polar surface area (TPSA) is 76.2 Å². The summed E-state index contributed by atoms with van der Waals surface area (Å²) in [5.74, 6) is 1.53. The van der Waals surface area contributed by atoms with E-state index in [4.69, 9.17) is 9.47 Å². The van der Waals surface area contributed by atoms with Crippen molar-refractivity contribution >= 4 is 22.8 Å². The number of aromatic amines is 1. The molecular formula is C19H21N3O3. The van der Waals surface area contributed by atoms with Crippen molar-refractivity contribution in [2.45, 2.75) is 26.4 Å². The SMILES string of the molecule is COc1ccc2nc(-c3ccc(NC(=O)OC(C)(C)C)cc3)[nH]c2c1. The highest BCUT2D eigenvalue weighted by molar-refractivity contribution is 5.85. The summed E-state index contributed by atoms with van der Waals surface area (Å²) in [7, 11) is 1.63. The summed E-state index contributed by atoms with van der Waals surface area (Å²) < 4.78 is 10.5. The minimum absolute atomic E-state index is 0.476. The minimum Gasteiger partial charge on any atom is -0.497 e. The van der Waals surface area contributed by atoms with Crippen LogP contribution in [-0.2, 0) is 4.74 Å². The molecule has 2 aromatic carbocycles. The number of benzene rings is 2. The van der Waals surface area contributed by atoms with Crippen molar-refractivity contribution in [1.82, 2.24) is 9.97 Å². The van der Waals surface area contributed by atoms with Gasteiger partial charge in [-0.2, -0.15) is 0 Å². The molecule has 6 nitrogen and oxygen atoms in total. The summed E-state index contributed by atoms with van der Waals surface area (Å²) >= 11 is 0. The maximum absolute atomic E-state index is 11.8. The molecule has 2 N–H and O–H groups in total. The third kappa shape index (κ3) is 4.09. The van der Waals surface area contributed by atoms with Gasteiger partial charge in [0.15, 0.2) is 0 Å². The van der Waals surface area contributed by atoms with E-state index in [9.17, 15) is 4.79 Å². The van der Waals surface area contributed by atoms with Crippen LogP contribution in [0.1, 0.15) is 20.8 Å². The minimum atomic E-state index is -0.528. The Morgan fingerprint density at radius 2 is 1.84 bits per heavy atom. The van der Waals surface area contributed by atoms with Crippen LogP contribution >= 0.6 is 0 Å². The van der Waals surface area contributed by atoms with Crippen LogP contribution in [0.15, 0.2) is 42.5 Å². The Morgan fingerprint density at radius 1 is 1.12 bits per heavy atom. The first-order valence-electron chi connectivity index (χ1n) is 7.98. The second-order valence-corrected chi connectivity index (χ2v) is 6.67. The number of carbonyl (C=O) groups is 1. The van der Waals surface area contributed by atoms with E-state index >= 15 is 0 Å². The number of nitrogens with zero attached hydrogens (tertiary/aromatic N) is 1. The monoisotopic (exact) mass is 339 g/mol. The molecule has 0 aliphatic heterocycles. The van der Waals surface area contributed by atoms with Gasteiger partial charge in [-0.1, -0.05) is 0 Å². The van der Waals surface area contributed by atoms with Gasteiger partial charge in [0, 0.05) is 17.3 Å². The van der Waals surface area contributed by atoms with Crippen LogP contribution in [0, 0.1) is 0 Å². The number of hydrogen-bond donors (Lipinski definition) is 2. The molecule has 0 atom stereocenters. The van der Waals surface area contributed by atoms with Gasteiger partial charge in [-0.25, -0.2) is 9.78 Å². The zero-order valence-corrected chi connectivity index (χ0v) is 14.7. The number of amides is 1. The summed E-state index contributed by atoms with van der Waals surface area (Å²) in [5.41, 5.74) is 2.83. The maximum Gasteiger partial charge on any atom is 0.412 e. The molecule has 0 saturated carbocycles. The quantitative estimate of drug-likeness (QED) is 0.732. The number of imidazole rings is 1. The first-order chi connectivity index (χ1) is 11.8. The summed E-state index contributed by atoms with van der Waals surface area (Å²) in [6, 6.07) is 13.1. The highest BCUT2D eigenvalue weighted by atomic mass is 16.6. The van der Waals surface area contributed by atoms with E-state index < -0.39 is 11.7 Å². The van der Waals surface area contributed by atoms with Crippen molar-refractivity contribution in [2.75, 3.05) is 12.4 Å². The maximum atomic E-state index is 11.8. The van der Waals surface area contributed by atoms with E-state index in [0.717, 1.165) is 28.2 Å². The highest BCUT2D eigenvalue weighted by Crippen LogP contribution is 2.24. The molecule has 3 aromatic rings. The van der Waals surface area contributed by atoms with E-state index in [1.165, 1.54) is 0 Å². The molecular weight excluding hydrogens is 318 g/mol. The number of aromatic nitrogens is 2. The highest BCUT2D eigenvalue weighted by Gasteiger charge is 2.16. The third-order valence-corrected chi connectivity index (χ3v) is 3.49. The van der Waals surface area contributed by atoms with Gasteiger partial charge in [0.2, 0.25) is 0 Å². The Morgan fingerprint density at radius 3 is 2.48 bits per heavy atom. The Balaban J connectivity index is 1.77. The zero-order valence-electron chi connectivity index (χ0n) is 14.7. The number of methoxy groups -OCH3 is 1. The molecule has 130 valence electrons. The lowest BCUT2D eigenvalue weighted by Crippen LogP contribution is -2.27. The predicted octanol–water partition coefficient (Wildman–Crippen LogP) is 4.59. The number of carbonyl (C=O) groups excluding carboxylic acids is 1. The Bertz CT molecular complexity index is 892. The molecule has 3 rings (SSSR count). The van der Waals surface area contributed by atoms with Crippen LogP contribution in [0.25, 0.3) is 22.4 Å². The van der Waals surface area contributed by atoms with Gasteiger partial charge in [0.25, 0.3) is 0 Å². The van der Waals surface area contributed by atoms with Gasteiger partial charge in [-0.05, 0) is 57.2 Å². The van der Waals surface area contributed by atoms with E-state index in [1.807, 2.05) is 63.2 Å². The fourth-order valence-electron chi connectivity index (χ4n) is 2.39. The second kappa shape index (κ2) is 6.47. The summed E-state index contributed by atoms with van der Waals surface area (Å²) in [6.07, 6.45) is -0.476. The first kappa shape index (κ1) is 16.8. The average Bonchev–Trinajstić information content (AvgIpc) is 2.96. The standard InChI is InChI=1S/C19H21N3O3/c1-19(2,3)25-18(23)20-13-7-5-12(6-8-13)17-21-15-10-9-14(24-4)11-16(15)22-17/h5-11H,1-4H3,(H,20,23)(H,21,22). The first-order valence-corrected chi connectivity index (χ1v) is 7.98. The Labute approximate surface area is 146 Å². The van der Waals surface area contributed by atoms with Crippen molar-refractivity contribution in [3.63, 3.8) is 0 Å². The van der Waals surface area contributed by atoms with Gasteiger partial charge >= 0.3 is 6.09 Å². The third-order valence-electron chi connectivity index (χ3n) is 3.49. The predicted molar refractivity (Wildman–Crippen MR) is 97.9 cm³/mol. The number of nitrogens with one attached hydrogen (secondary N) is 2. The fourth-order valence-corrected chi connectivity index (χ4v) is 2.39. The molecule has 0 aliphatic rings. The van der Waals surface area contributed by atoms with E-state index in [1.54, 1.807) is 7.11 Å². The molecule has 0 unspecified atom stereocenters. The van der Waals surface area contributed by atoms with Crippen LogP contribution in [0.3, 0.4) is 0 Å². The summed E-state index contributed by atoms with van der Waals surface area (Å²) in [4.78, 5) is 19.6. The van der Waals surface area contributed by atoms with Crippen LogP contribution in [0.4, 0.5) is 10.5 Å². The van der Waals surface area contributed by atoms with Gasteiger partial charge in [0.05, 0.1) is 18.1 Å². The number of ether oxygens (including phenoxy) is 2. The Hall–Kier alpha value is -3.02. The van der Waals surface area contributed by atoms with Crippen LogP contribution in [0.2, 0.25) is 0 Å².